The maximum absolute atomic E-state index is 12.2. The van der Waals surface area contributed by atoms with Crippen LogP contribution in [0.2, 0.25) is 0 Å². The van der Waals surface area contributed by atoms with Crippen molar-refractivity contribution in [1.29, 1.82) is 0 Å². The molecule has 0 saturated heterocycles. The molecule has 0 aromatic carbocycles. The van der Waals surface area contributed by atoms with Gasteiger partial charge in [-0.05, 0) is 13.3 Å². The Balaban J connectivity index is 4.89. The fourth-order valence-electron chi connectivity index (χ4n) is 2.10. The zero-order chi connectivity index (χ0) is 21.2. The summed E-state index contributed by atoms with van der Waals surface area (Å²) >= 11 is 1.29. The molecule has 0 fully saturated rings. The molecular formula is C16H27N3O7S. The Labute approximate surface area is 161 Å². The van der Waals surface area contributed by atoms with Crippen LogP contribution < -0.4 is 16.4 Å². The standard InChI is InChI=1S/C16H27N3O7S/c1-9(20)6-16(2,3)27-8-11(14(24)18-7-13(22)23)19-12(21)5-4-10(17)15(25)26/h10-11H,4-8,17H2,1-3H3,(H,18,24)(H,19,21)(H,22,23)(H,25,26). The number of nitrogens with two attached hydrogens (primary N) is 1. The van der Waals surface area contributed by atoms with Crippen molar-refractivity contribution in [2.24, 2.45) is 5.73 Å². The van der Waals surface area contributed by atoms with Gasteiger partial charge in [-0.1, -0.05) is 13.8 Å². The van der Waals surface area contributed by atoms with Gasteiger partial charge in [-0.3, -0.25) is 24.0 Å². The first-order valence-electron chi connectivity index (χ1n) is 8.24. The van der Waals surface area contributed by atoms with Crippen molar-refractivity contribution >= 4 is 41.3 Å². The lowest BCUT2D eigenvalue weighted by Crippen LogP contribution is -2.50. The van der Waals surface area contributed by atoms with Crippen LogP contribution in [0.5, 0.6) is 0 Å². The van der Waals surface area contributed by atoms with Gasteiger partial charge in [-0.2, -0.15) is 11.8 Å². The van der Waals surface area contributed by atoms with Crippen LogP contribution in [0.3, 0.4) is 0 Å². The van der Waals surface area contributed by atoms with Gasteiger partial charge in [-0.25, -0.2) is 0 Å². The van der Waals surface area contributed by atoms with E-state index in [0.717, 1.165) is 0 Å². The Hall–Kier alpha value is -2.14. The van der Waals surface area contributed by atoms with Crippen molar-refractivity contribution in [3.8, 4) is 0 Å². The lowest BCUT2D eigenvalue weighted by Gasteiger charge is -2.26. The number of nitrogens with one attached hydrogen (secondary N) is 2. The number of hydrogen-bond donors (Lipinski definition) is 5. The number of ketones is 1. The molecule has 0 heterocycles. The number of carboxylic acids is 2. The summed E-state index contributed by atoms with van der Waals surface area (Å²) in [6.07, 6.45) is -0.0339. The predicted molar refractivity (Wildman–Crippen MR) is 99.3 cm³/mol. The molecule has 11 heteroatoms. The van der Waals surface area contributed by atoms with E-state index >= 15 is 0 Å². The van der Waals surface area contributed by atoms with E-state index in [9.17, 15) is 24.0 Å². The molecule has 0 radical (unpaired) electrons. The molecule has 10 nitrogen and oxygen atoms in total. The number of aliphatic carboxylic acids is 2. The number of rotatable bonds is 13. The Morgan fingerprint density at radius 1 is 1.15 bits per heavy atom. The lowest BCUT2D eigenvalue weighted by molar-refractivity contribution is -0.139. The first-order chi connectivity index (χ1) is 12.3. The second-order valence-electron chi connectivity index (χ2n) is 6.66. The number of hydrogen-bond acceptors (Lipinski definition) is 7. The molecule has 0 aliphatic heterocycles. The highest BCUT2D eigenvalue weighted by atomic mass is 32.2. The minimum atomic E-state index is -1.24. The topological polar surface area (TPSA) is 176 Å². The van der Waals surface area contributed by atoms with E-state index in [2.05, 4.69) is 10.6 Å². The molecule has 0 aliphatic carbocycles. The molecule has 154 valence electrons. The van der Waals surface area contributed by atoms with Gasteiger partial charge < -0.3 is 26.6 Å². The van der Waals surface area contributed by atoms with Crippen molar-refractivity contribution in [3.05, 3.63) is 0 Å². The number of Topliss-reactive ketones (excluding diaryl/α,β-unsaturated/α-hetero) is 1. The molecule has 27 heavy (non-hydrogen) atoms. The van der Waals surface area contributed by atoms with E-state index < -0.39 is 47.1 Å². The molecule has 0 spiro atoms. The van der Waals surface area contributed by atoms with E-state index in [-0.39, 0.29) is 30.8 Å². The van der Waals surface area contributed by atoms with E-state index in [4.69, 9.17) is 15.9 Å². The Bertz CT molecular complexity index is 580. The van der Waals surface area contributed by atoms with Crippen molar-refractivity contribution in [2.75, 3.05) is 12.3 Å². The van der Waals surface area contributed by atoms with Crippen LogP contribution in [0.1, 0.15) is 40.0 Å². The average molecular weight is 405 g/mol. The van der Waals surface area contributed by atoms with Crippen LogP contribution in [0.15, 0.2) is 0 Å². The number of amides is 2. The van der Waals surface area contributed by atoms with Gasteiger partial charge in [0, 0.05) is 23.3 Å². The van der Waals surface area contributed by atoms with Gasteiger partial charge in [0.1, 0.15) is 24.4 Å². The first kappa shape index (κ1) is 24.9. The molecule has 2 atom stereocenters. The smallest absolute Gasteiger partial charge is 0.322 e. The van der Waals surface area contributed by atoms with E-state index in [0.29, 0.717) is 0 Å². The van der Waals surface area contributed by atoms with Crippen LogP contribution >= 0.6 is 11.8 Å². The van der Waals surface area contributed by atoms with Gasteiger partial charge in [0.25, 0.3) is 0 Å². The SMILES string of the molecule is CC(=O)CC(C)(C)SCC(NC(=O)CCC(N)C(=O)O)C(=O)NCC(=O)O. The zero-order valence-corrected chi connectivity index (χ0v) is 16.4. The minimum absolute atomic E-state index is 0.0222. The molecular weight excluding hydrogens is 378 g/mol. The van der Waals surface area contributed by atoms with E-state index in [1.807, 2.05) is 13.8 Å². The molecule has 0 bridgehead atoms. The highest BCUT2D eigenvalue weighted by Gasteiger charge is 2.27. The van der Waals surface area contributed by atoms with Gasteiger partial charge in [0.2, 0.25) is 11.8 Å². The summed E-state index contributed by atoms with van der Waals surface area (Å²) in [5.41, 5.74) is 5.34. The third-order valence-corrected chi connectivity index (χ3v) is 4.81. The molecule has 2 amide bonds. The van der Waals surface area contributed by atoms with Gasteiger partial charge in [-0.15, -0.1) is 0 Å². The average Bonchev–Trinajstić information content (AvgIpc) is 2.52. The Morgan fingerprint density at radius 3 is 2.22 bits per heavy atom. The summed E-state index contributed by atoms with van der Waals surface area (Å²) in [6, 6.07) is -2.23. The maximum Gasteiger partial charge on any atom is 0.322 e. The van der Waals surface area contributed by atoms with Gasteiger partial charge in [0.15, 0.2) is 0 Å². The Kier molecular flexibility index (Phi) is 10.6. The summed E-state index contributed by atoms with van der Waals surface area (Å²) in [4.78, 5) is 56.8. The molecule has 0 aromatic rings. The van der Waals surface area contributed by atoms with Crippen LogP contribution in [-0.4, -0.2) is 68.9 Å². The first-order valence-corrected chi connectivity index (χ1v) is 9.23. The summed E-state index contributed by atoms with van der Waals surface area (Å²) in [5, 5.41) is 22.1. The van der Waals surface area contributed by atoms with E-state index in [1.54, 1.807) is 0 Å². The molecule has 0 aliphatic rings. The number of carbonyl (C=O) groups is 5. The van der Waals surface area contributed by atoms with Crippen LogP contribution in [0, 0.1) is 0 Å². The molecule has 0 aromatic heterocycles. The monoisotopic (exact) mass is 405 g/mol. The minimum Gasteiger partial charge on any atom is -0.480 e. The van der Waals surface area contributed by atoms with Crippen molar-refractivity contribution < 1.29 is 34.2 Å². The number of carboxylic acid groups (broad SMARTS) is 2. The lowest BCUT2D eigenvalue weighted by atomic mass is 10.1. The molecule has 6 N–H and O–H groups in total. The highest BCUT2D eigenvalue weighted by molar-refractivity contribution is 8.00. The van der Waals surface area contributed by atoms with Crippen LogP contribution in [0.25, 0.3) is 0 Å². The largest absolute Gasteiger partial charge is 0.480 e. The quantitative estimate of drug-likeness (QED) is 0.266. The zero-order valence-electron chi connectivity index (χ0n) is 15.6. The van der Waals surface area contributed by atoms with Crippen LogP contribution in [-0.2, 0) is 24.0 Å². The predicted octanol–water partition coefficient (Wildman–Crippen LogP) is -0.645. The number of carbonyl (C=O) groups excluding carboxylic acids is 3. The fourth-order valence-corrected chi connectivity index (χ4v) is 3.26. The second kappa shape index (κ2) is 11.5. The maximum atomic E-state index is 12.2. The Morgan fingerprint density at radius 2 is 1.74 bits per heavy atom. The fraction of sp³-hybridized carbons (Fsp3) is 0.688. The molecule has 0 saturated carbocycles. The van der Waals surface area contributed by atoms with Crippen molar-refractivity contribution in [1.82, 2.24) is 10.6 Å². The highest BCUT2D eigenvalue weighted by Crippen LogP contribution is 2.28. The van der Waals surface area contributed by atoms with Gasteiger partial charge >= 0.3 is 11.9 Å². The molecule has 0 rings (SSSR count). The molecule has 2 unspecified atom stereocenters. The third-order valence-electron chi connectivity index (χ3n) is 3.38. The third kappa shape index (κ3) is 12.0. The van der Waals surface area contributed by atoms with Crippen molar-refractivity contribution in [3.63, 3.8) is 0 Å². The summed E-state index contributed by atoms with van der Waals surface area (Å²) in [5.74, 6) is -3.63. The van der Waals surface area contributed by atoms with Gasteiger partial charge in [0.05, 0.1) is 0 Å². The van der Waals surface area contributed by atoms with E-state index in [1.165, 1.54) is 18.7 Å². The number of thioether (sulfide) groups is 1. The normalized spacial score (nSPS) is 13.3. The summed E-state index contributed by atoms with van der Waals surface area (Å²) in [6.45, 7) is 4.49. The van der Waals surface area contributed by atoms with Crippen molar-refractivity contribution in [2.45, 2.75) is 56.9 Å². The summed E-state index contributed by atoms with van der Waals surface area (Å²) < 4.78 is -0.479. The summed E-state index contributed by atoms with van der Waals surface area (Å²) in [7, 11) is 0. The van der Waals surface area contributed by atoms with Crippen LogP contribution in [0.4, 0.5) is 0 Å². The second-order valence-corrected chi connectivity index (χ2v) is 8.39.